The number of benzene rings is 1. The first-order valence-corrected chi connectivity index (χ1v) is 12.1. The summed E-state index contributed by atoms with van der Waals surface area (Å²) in [5, 5.41) is 12.9. The molecule has 0 aliphatic rings. The number of allylic oxidation sites excluding steroid dienone is 2. The summed E-state index contributed by atoms with van der Waals surface area (Å²) in [4.78, 5) is 14.1. The molecule has 5 heteroatoms. The number of thiophene rings is 1. The van der Waals surface area contributed by atoms with Crippen LogP contribution in [0.4, 0.5) is 0 Å². The first-order chi connectivity index (χ1) is 13.9. The maximum absolute atomic E-state index is 11.6. The van der Waals surface area contributed by atoms with Gasteiger partial charge in [-0.3, -0.25) is 4.79 Å². The molecule has 0 spiro atoms. The van der Waals surface area contributed by atoms with Crippen LogP contribution in [0.25, 0.3) is 21.3 Å². The number of hydrogen-bond acceptors (Lipinski definition) is 3. The van der Waals surface area contributed by atoms with Crippen molar-refractivity contribution >= 4 is 40.0 Å². The van der Waals surface area contributed by atoms with E-state index in [2.05, 4.69) is 74.2 Å². The highest BCUT2D eigenvalue weighted by molar-refractivity contribution is 7.98. The highest BCUT2D eigenvalue weighted by Gasteiger charge is 2.25. The van der Waals surface area contributed by atoms with Gasteiger partial charge in [0.2, 0.25) is 0 Å². The Morgan fingerprint density at radius 1 is 1.38 bits per heavy atom. The minimum Gasteiger partial charge on any atom is -0.481 e. The van der Waals surface area contributed by atoms with Crippen molar-refractivity contribution in [3.05, 3.63) is 52.6 Å². The van der Waals surface area contributed by atoms with Crippen molar-refractivity contribution in [2.24, 2.45) is 0 Å². The topological polar surface area (TPSA) is 42.2 Å². The molecule has 154 valence electrons. The van der Waals surface area contributed by atoms with Gasteiger partial charge in [0, 0.05) is 38.9 Å². The van der Waals surface area contributed by atoms with Gasteiger partial charge in [-0.15, -0.1) is 23.1 Å². The molecule has 0 amide bonds. The van der Waals surface area contributed by atoms with Crippen molar-refractivity contribution in [3.8, 4) is 10.4 Å². The summed E-state index contributed by atoms with van der Waals surface area (Å²) in [5.74, 6) is -0.738. The summed E-state index contributed by atoms with van der Waals surface area (Å²) in [7, 11) is 0. The lowest BCUT2D eigenvalue weighted by Crippen LogP contribution is -2.13. The van der Waals surface area contributed by atoms with Crippen molar-refractivity contribution in [3.63, 3.8) is 0 Å². The molecular weight excluding hydrogens is 398 g/mol. The Bertz CT molecular complexity index is 1040. The Morgan fingerprint density at radius 2 is 2.14 bits per heavy atom. The monoisotopic (exact) mass is 427 g/mol. The fourth-order valence-corrected chi connectivity index (χ4v) is 5.27. The molecule has 29 heavy (non-hydrogen) atoms. The van der Waals surface area contributed by atoms with Gasteiger partial charge < -0.3 is 9.67 Å². The van der Waals surface area contributed by atoms with Crippen LogP contribution < -0.4 is 0 Å². The highest BCUT2D eigenvalue weighted by Crippen LogP contribution is 2.42. The molecule has 0 radical (unpaired) electrons. The number of nitrogens with zero attached hydrogens (tertiary/aromatic N) is 1. The molecule has 0 saturated heterocycles. The van der Waals surface area contributed by atoms with Crippen LogP contribution in [0, 0.1) is 6.92 Å². The average molecular weight is 428 g/mol. The molecule has 2 aromatic heterocycles. The van der Waals surface area contributed by atoms with Gasteiger partial charge >= 0.3 is 5.97 Å². The van der Waals surface area contributed by atoms with Gasteiger partial charge in [0.25, 0.3) is 0 Å². The predicted octanol–water partition coefficient (Wildman–Crippen LogP) is 7.33. The lowest BCUT2D eigenvalue weighted by atomic mass is 9.94. The minimum absolute atomic E-state index is 0.00142. The molecule has 0 aliphatic carbocycles. The zero-order chi connectivity index (χ0) is 21.1. The van der Waals surface area contributed by atoms with Crippen LogP contribution >= 0.6 is 23.1 Å². The minimum atomic E-state index is -0.737. The number of carbonyl (C=O) groups is 1. The van der Waals surface area contributed by atoms with E-state index in [1.54, 1.807) is 23.1 Å². The first kappa shape index (κ1) is 21.7. The van der Waals surface area contributed by atoms with E-state index in [4.69, 9.17) is 0 Å². The molecule has 1 aromatic carbocycles. The summed E-state index contributed by atoms with van der Waals surface area (Å²) < 4.78 is 2.39. The SMILES string of the molecule is C/C=C(\C)Cn1c(C(CC)CC(=O)O)c(C)c2cc(SC)cc(-c3cccs3)c21. The number of aryl methyl sites for hydroxylation is 1. The van der Waals surface area contributed by atoms with E-state index in [0.29, 0.717) is 0 Å². The summed E-state index contributed by atoms with van der Waals surface area (Å²) in [5.41, 5.74) is 6.13. The van der Waals surface area contributed by atoms with Gasteiger partial charge in [0.05, 0.1) is 11.9 Å². The number of rotatable bonds is 8. The van der Waals surface area contributed by atoms with E-state index >= 15 is 0 Å². The van der Waals surface area contributed by atoms with Crippen LogP contribution in [0.3, 0.4) is 0 Å². The van der Waals surface area contributed by atoms with E-state index in [1.165, 1.54) is 43.1 Å². The maximum Gasteiger partial charge on any atom is 0.304 e. The van der Waals surface area contributed by atoms with Gasteiger partial charge in [0.15, 0.2) is 0 Å². The largest absolute Gasteiger partial charge is 0.481 e. The van der Waals surface area contributed by atoms with Gasteiger partial charge in [0.1, 0.15) is 0 Å². The number of hydrogen-bond donors (Lipinski definition) is 1. The predicted molar refractivity (Wildman–Crippen MR) is 126 cm³/mol. The van der Waals surface area contributed by atoms with Crippen LogP contribution in [-0.4, -0.2) is 21.9 Å². The van der Waals surface area contributed by atoms with Crippen LogP contribution in [-0.2, 0) is 11.3 Å². The number of carboxylic acids is 1. The number of fused-ring (bicyclic) bond motifs is 1. The molecule has 3 rings (SSSR count). The second-order valence-electron chi connectivity index (χ2n) is 7.48. The molecule has 1 unspecified atom stereocenters. The molecule has 0 saturated carbocycles. The maximum atomic E-state index is 11.6. The molecule has 0 bridgehead atoms. The fraction of sp³-hybridized carbons (Fsp3) is 0.375. The Balaban J connectivity index is 2.41. The number of carboxylic acid groups (broad SMARTS) is 1. The molecule has 1 N–H and O–H groups in total. The Kier molecular flexibility index (Phi) is 6.91. The fourth-order valence-electron chi connectivity index (χ4n) is 4.06. The molecule has 1 atom stereocenters. The van der Waals surface area contributed by atoms with Crippen LogP contribution in [0.1, 0.15) is 50.8 Å². The number of aliphatic carboxylic acids is 1. The van der Waals surface area contributed by atoms with Gasteiger partial charge in [-0.05, 0) is 62.6 Å². The zero-order valence-corrected chi connectivity index (χ0v) is 19.4. The Hall–Kier alpha value is -1.98. The summed E-state index contributed by atoms with van der Waals surface area (Å²) >= 11 is 3.50. The third-order valence-electron chi connectivity index (χ3n) is 5.66. The lowest BCUT2D eigenvalue weighted by molar-refractivity contribution is -0.137. The van der Waals surface area contributed by atoms with Crippen molar-refractivity contribution in [2.75, 3.05) is 6.26 Å². The van der Waals surface area contributed by atoms with Crippen molar-refractivity contribution < 1.29 is 9.90 Å². The van der Waals surface area contributed by atoms with E-state index in [-0.39, 0.29) is 12.3 Å². The van der Waals surface area contributed by atoms with Gasteiger partial charge in [-0.25, -0.2) is 0 Å². The standard InChI is InChI=1S/C24H29NO2S2/c1-6-15(3)14-25-23(17(7-2)11-22(26)27)16(4)19-12-18(28-5)13-20(24(19)25)21-9-8-10-29-21/h6,8-10,12-13,17H,7,11,14H2,1-5H3,(H,26,27)/b15-6+. The van der Waals surface area contributed by atoms with Crippen LogP contribution in [0.2, 0.25) is 0 Å². The lowest BCUT2D eigenvalue weighted by Gasteiger charge is -2.20. The smallest absolute Gasteiger partial charge is 0.304 e. The molecule has 3 aromatic rings. The van der Waals surface area contributed by atoms with E-state index in [9.17, 15) is 9.90 Å². The molecule has 0 fully saturated rings. The van der Waals surface area contributed by atoms with Crippen molar-refractivity contribution in [1.29, 1.82) is 0 Å². The molecule has 2 heterocycles. The number of aromatic nitrogens is 1. The highest BCUT2D eigenvalue weighted by atomic mass is 32.2. The summed E-state index contributed by atoms with van der Waals surface area (Å²) in [6.07, 6.45) is 5.22. The first-order valence-electron chi connectivity index (χ1n) is 9.99. The van der Waals surface area contributed by atoms with Crippen LogP contribution in [0.5, 0.6) is 0 Å². The molecule has 0 aliphatic heterocycles. The van der Waals surface area contributed by atoms with Crippen molar-refractivity contribution in [1.82, 2.24) is 4.57 Å². The quantitative estimate of drug-likeness (QED) is 0.302. The van der Waals surface area contributed by atoms with Crippen molar-refractivity contribution in [2.45, 2.75) is 57.9 Å². The summed E-state index contributed by atoms with van der Waals surface area (Å²) in [6, 6.07) is 8.81. The number of thioether (sulfide) groups is 1. The van der Waals surface area contributed by atoms with Gasteiger partial charge in [-0.1, -0.05) is 24.6 Å². The second-order valence-corrected chi connectivity index (χ2v) is 9.31. The third kappa shape index (κ3) is 4.31. The van der Waals surface area contributed by atoms with E-state index in [0.717, 1.165) is 13.0 Å². The van der Waals surface area contributed by atoms with Gasteiger partial charge in [-0.2, -0.15) is 0 Å². The molecular formula is C24H29NO2S2. The Morgan fingerprint density at radius 3 is 2.69 bits per heavy atom. The average Bonchev–Trinajstić information content (AvgIpc) is 3.33. The summed E-state index contributed by atoms with van der Waals surface area (Å²) in [6.45, 7) is 9.23. The van der Waals surface area contributed by atoms with Crippen LogP contribution in [0.15, 0.2) is 46.2 Å². The van der Waals surface area contributed by atoms with E-state index < -0.39 is 5.97 Å². The zero-order valence-electron chi connectivity index (χ0n) is 17.8. The second kappa shape index (κ2) is 9.23. The Labute approximate surface area is 181 Å². The normalized spacial score (nSPS) is 13.2. The molecule has 3 nitrogen and oxygen atoms in total. The van der Waals surface area contributed by atoms with E-state index in [1.807, 2.05) is 0 Å². The third-order valence-corrected chi connectivity index (χ3v) is 7.27.